The van der Waals surface area contributed by atoms with Gasteiger partial charge in [-0.25, -0.2) is 4.68 Å². The summed E-state index contributed by atoms with van der Waals surface area (Å²) in [5, 5.41) is 4.60. The van der Waals surface area contributed by atoms with Crippen LogP contribution in [-0.4, -0.2) is 9.78 Å². The maximum absolute atomic E-state index is 6.16. The van der Waals surface area contributed by atoms with Gasteiger partial charge in [0.15, 0.2) is 0 Å². The van der Waals surface area contributed by atoms with Crippen molar-refractivity contribution < 1.29 is 0 Å². The van der Waals surface area contributed by atoms with E-state index in [4.69, 9.17) is 5.73 Å². The van der Waals surface area contributed by atoms with Crippen LogP contribution in [0, 0.1) is 13.8 Å². The lowest BCUT2D eigenvalue weighted by molar-refractivity contribution is 0.867. The number of thioether (sulfide) groups is 1. The predicted octanol–water partition coefficient (Wildman–Crippen LogP) is 2.82. The second kappa shape index (κ2) is 3.81. The van der Waals surface area contributed by atoms with Crippen LogP contribution in [0.5, 0.6) is 0 Å². The fraction of sp³-hybridized carbons (Fsp3) is 0.308. The van der Waals surface area contributed by atoms with E-state index in [9.17, 15) is 0 Å². The molecule has 0 saturated heterocycles. The Balaban J connectivity index is 2.12. The summed E-state index contributed by atoms with van der Waals surface area (Å²) in [6, 6.07) is 6.33. The highest BCUT2D eigenvalue weighted by Crippen LogP contribution is 2.34. The summed E-state index contributed by atoms with van der Waals surface area (Å²) in [7, 11) is 0. The van der Waals surface area contributed by atoms with Crippen molar-refractivity contribution in [1.29, 1.82) is 0 Å². The Hall–Kier alpha value is -1.42. The molecular formula is C13H15N3S. The second-order valence-corrected chi connectivity index (χ2v) is 5.47. The van der Waals surface area contributed by atoms with Gasteiger partial charge < -0.3 is 5.73 Å². The molecule has 0 atom stereocenters. The molecule has 0 unspecified atom stereocenters. The fourth-order valence-electron chi connectivity index (χ4n) is 2.09. The predicted molar refractivity (Wildman–Crippen MR) is 72.4 cm³/mol. The maximum atomic E-state index is 6.16. The lowest BCUT2D eigenvalue weighted by Crippen LogP contribution is -2.03. The first-order chi connectivity index (χ1) is 8.16. The van der Waals surface area contributed by atoms with Gasteiger partial charge in [0.05, 0.1) is 11.4 Å². The minimum atomic E-state index is 0.799. The van der Waals surface area contributed by atoms with Gasteiger partial charge in [-0.2, -0.15) is 16.9 Å². The molecule has 3 rings (SSSR count). The van der Waals surface area contributed by atoms with Crippen molar-refractivity contribution in [3.05, 3.63) is 40.6 Å². The summed E-state index contributed by atoms with van der Waals surface area (Å²) in [5.74, 6) is 2.77. The van der Waals surface area contributed by atoms with Gasteiger partial charge in [-0.1, -0.05) is 6.07 Å². The summed E-state index contributed by atoms with van der Waals surface area (Å²) in [4.78, 5) is 0. The number of aryl methyl sites for hydroxylation is 2. The molecule has 17 heavy (non-hydrogen) atoms. The molecule has 88 valence electrons. The molecule has 0 amide bonds. The zero-order valence-corrected chi connectivity index (χ0v) is 10.8. The second-order valence-electron chi connectivity index (χ2n) is 4.48. The number of rotatable bonds is 1. The summed E-state index contributed by atoms with van der Waals surface area (Å²) < 4.78 is 1.87. The van der Waals surface area contributed by atoms with E-state index < -0.39 is 0 Å². The number of anilines is 1. The Morgan fingerprint density at radius 1 is 1.24 bits per heavy atom. The van der Waals surface area contributed by atoms with Gasteiger partial charge in [-0.15, -0.1) is 0 Å². The van der Waals surface area contributed by atoms with Crippen LogP contribution in [0.3, 0.4) is 0 Å². The van der Waals surface area contributed by atoms with Crippen molar-refractivity contribution in [1.82, 2.24) is 9.78 Å². The molecule has 1 aromatic carbocycles. The number of nitrogens with zero attached hydrogens (tertiary/aromatic N) is 2. The molecule has 1 aliphatic rings. The average Bonchev–Trinajstić information content (AvgIpc) is 2.86. The van der Waals surface area contributed by atoms with E-state index in [0.717, 1.165) is 28.7 Å². The Bertz CT molecular complexity index is 587. The Labute approximate surface area is 105 Å². The normalized spacial score (nSPS) is 14.0. The fourth-order valence-corrected chi connectivity index (χ4v) is 3.13. The highest BCUT2D eigenvalue weighted by molar-refractivity contribution is 7.98. The van der Waals surface area contributed by atoms with Crippen LogP contribution < -0.4 is 5.73 Å². The smallest absolute Gasteiger partial charge is 0.131 e. The third kappa shape index (κ3) is 1.63. The Kier molecular flexibility index (Phi) is 2.40. The molecule has 2 N–H and O–H groups in total. The molecule has 0 aliphatic carbocycles. The van der Waals surface area contributed by atoms with Gasteiger partial charge in [0.1, 0.15) is 5.82 Å². The third-order valence-electron chi connectivity index (χ3n) is 3.33. The highest BCUT2D eigenvalue weighted by Gasteiger charge is 2.21. The summed E-state index contributed by atoms with van der Waals surface area (Å²) in [6.07, 6.45) is 0. The van der Waals surface area contributed by atoms with Gasteiger partial charge in [-0.05, 0) is 37.1 Å². The Morgan fingerprint density at radius 3 is 2.76 bits per heavy atom. The van der Waals surface area contributed by atoms with Crippen LogP contribution in [0.15, 0.2) is 18.2 Å². The molecule has 0 bridgehead atoms. The van der Waals surface area contributed by atoms with Crippen molar-refractivity contribution in [3.8, 4) is 5.69 Å². The van der Waals surface area contributed by atoms with Gasteiger partial charge in [0.2, 0.25) is 0 Å². The van der Waals surface area contributed by atoms with E-state index in [0.29, 0.717) is 0 Å². The molecule has 3 nitrogen and oxygen atoms in total. The molecular weight excluding hydrogens is 230 g/mol. The highest BCUT2D eigenvalue weighted by atomic mass is 32.2. The lowest BCUT2D eigenvalue weighted by atomic mass is 10.1. The van der Waals surface area contributed by atoms with E-state index in [1.165, 1.54) is 16.7 Å². The van der Waals surface area contributed by atoms with Crippen LogP contribution in [-0.2, 0) is 11.5 Å². The Morgan fingerprint density at radius 2 is 2.06 bits per heavy atom. The monoisotopic (exact) mass is 245 g/mol. The summed E-state index contributed by atoms with van der Waals surface area (Å²) in [6.45, 7) is 4.23. The molecule has 4 heteroatoms. The van der Waals surface area contributed by atoms with E-state index in [2.05, 4.69) is 37.1 Å². The van der Waals surface area contributed by atoms with Gasteiger partial charge in [0, 0.05) is 17.1 Å². The SMILES string of the molecule is Cc1ccc(-n2nc3c(c2N)CSC3)cc1C. The van der Waals surface area contributed by atoms with Crippen molar-refractivity contribution in [2.45, 2.75) is 25.4 Å². The summed E-state index contributed by atoms with van der Waals surface area (Å²) >= 11 is 1.88. The van der Waals surface area contributed by atoms with Crippen LogP contribution >= 0.6 is 11.8 Å². The standard InChI is InChI=1S/C13H15N3S/c1-8-3-4-10(5-9(8)2)16-13(14)11-6-17-7-12(11)15-16/h3-5H,6-7,14H2,1-2H3. The molecule has 0 saturated carbocycles. The number of hydrogen-bond donors (Lipinski definition) is 1. The summed E-state index contributed by atoms with van der Waals surface area (Å²) in [5.41, 5.74) is 12.1. The minimum Gasteiger partial charge on any atom is -0.383 e. The quantitative estimate of drug-likeness (QED) is 0.840. The lowest BCUT2D eigenvalue weighted by Gasteiger charge is -2.07. The van der Waals surface area contributed by atoms with Crippen molar-refractivity contribution in [2.24, 2.45) is 0 Å². The first-order valence-corrected chi connectivity index (χ1v) is 6.84. The van der Waals surface area contributed by atoms with Crippen LogP contribution in [0.2, 0.25) is 0 Å². The third-order valence-corrected chi connectivity index (χ3v) is 4.30. The number of nitrogen functional groups attached to an aromatic ring is 1. The van der Waals surface area contributed by atoms with Crippen LogP contribution in [0.25, 0.3) is 5.69 Å². The molecule has 2 heterocycles. The van der Waals surface area contributed by atoms with Gasteiger partial charge in [-0.3, -0.25) is 0 Å². The molecule has 0 spiro atoms. The topological polar surface area (TPSA) is 43.8 Å². The molecule has 1 aromatic heterocycles. The molecule has 0 radical (unpaired) electrons. The number of benzene rings is 1. The molecule has 1 aliphatic heterocycles. The number of fused-ring (bicyclic) bond motifs is 1. The average molecular weight is 245 g/mol. The number of hydrogen-bond acceptors (Lipinski definition) is 3. The zero-order valence-electron chi connectivity index (χ0n) is 10.0. The zero-order chi connectivity index (χ0) is 12.0. The minimum absolute atomic E-state index is 0.799. The van der Waals surface area contributed by atoms with Gasteiger partial charge >= 0.3 is 0 Å². The van der Waals surface area contributed by atoms with E-state index in [1.807, 2.05) is 16.4 Å². The van der Waals surface area contributed by atoms with E-state index >= 15 is 0 Å². The van der Waals surface area contributed by atoms with Crippen LogP contribution in [0.1, 0.15) is 22.4 Å². The first kappa shape index (κ1) is 10.7. The van der Waals surface area contributed by atoms with Crippen molar-refractivity contribution in [3.63, 3.8) is 0 Å². The molecule has 2 aromatic rings. The van der Waals surface area contributed by atoms with E-state index in [1.54, 1.807) is 0 Å². The van der Waals surface area contributed by atoms with Crippen LogP contribution in [0.4, 0.5) is 5.82 Å². The first-order valence-electron chi connectivity index (χ1n) is 5.68. The molecule has 0 fully saturated rings. The number of aromatic nitrogens is 2. The van der Waals surface area contributed by atoms with E-state index in [-0.39, 0.29) is 0 Å². The largest absolute Gasteiger partial charge is 0.383 e. The maximum Gasteiger partial charge on any atom is 0.131 e. The van der Waals surface area contributed by atoms with Gasteiger partial charge in [0.25, 0.3) is 0 Å². The number of nitrogens with two attached hydrogens (primary N) is 1. The van der Waals surface area contributed by atoms with Crippen molar-refractivity contribution >= 4 is 17.6 Å². The van der Waals surface area contributed by atoms with Crippen molar-refractivity contribution in [2.75, 3.05) is 5.73 Å².